The predicted molar refractivity (Wildman–Crippen MR) is 82.9 cm³/mol. The number of benzene rings is 1. The van der Waals surface area contributed by atoms with E-state index in [2.05, 4.69) is 60.4 Å². The highest BCUT2D eigenvalue weighted by Gasteiger charge is 2.07. The molecular formula is C16H23N3. The van der Waals surface area contributed by atoms with Gasteiger partial charge in [-0.2, -0.15) is 0 Å². The molecule has 19 heavy (non-hydrogen) atoms. The number of hydrogen-bond acceptors (Lipinski definition) is 3. The second kappa shape index (κ2) is 6.53. The number of likely N-dealkylation sites (N-methyl/N-ethyl adjacent to an activating group) is 1. The standard InChI is InChI=1S/C16H23N3/c1-4-9-17-10-11-19(3)16-12-13(2)18-15-8-6-5-7-14(15)16/h5-8,12,17H,4,9-11H2,1-3H3. The monoisotopic (exact) mass is 257 g/mol. The van der Waals surface area contributed by atoms with Gasteiger partial charge in [-0.15, -0.1) is 0 Å². The fraction of sp³-hybridized carbons (Fsp3) is 0.438. The summed E-state index contributed by atoms with van der Waals surface area (Å²) in [5, 5.41) is 4.67. The van der Waals surface area contributed by atoms with E-state index in [0.29, 0.717) is 0 Å². The molecule has 2 rings (SSSR count). The fourth-order valence-corrected chi connectivity index (χ4v) is 2.27. The molecule has 0 aliphatic rings. The van der Waals surface area contributed by atoms with Gasteiger partial charge in [-0.1, -0.05) is 25.1 Å². The van der Waals surface area contributed by atoms with Crippen LogP contribution in [0, 0.1) is 6.92 Å². The topological polar surface area (TPSA) is 28.2 Å². The molecule has 0 aliphatic heterocycles. The summed E-state index contributed by atoms with van der Waals surface area (Å²) in [7, 11) is 2.15. The molecule has 0 aliphatic carbocycles. The molecular weight excluding hydrogens is 234 g/mol. The summed E-state index contributed by atoms with van der Waals surface area (Å²) < 4.78 is 0. The first-order valence-electron chi connectivity index (χ1n) is 7.00. The minimum atomic E-state index is 1.01. The van der Waals surface area contributed by atoms with Crippen molar-refractivity contribution >= 4 is 16.6 Å². The van der Waals surface area contributed by atoms with Crippen LogP contribution in [-0.4, -0.2) is 31.7 Å². The number of rotatable bonds is 6. The van der Waals surface area contributed by atoms with E-state index >= 15 is 0 Å². The Morgan fingerprint density at radius 1 is 1.21 bits per heavy atom. The van der Waals surface area contributed by atoms with Crippen molar-refractivity contribution in [3.63, 3.8) is 0 Å². The highest BCUT2D eigenvalue weighted by Crippen LogP contribution is 2.25. The van der Waals surface area contributed by atoms with E-state index in [0.717, 1.165) is 30.8 Å². The Kier molecular flexibility index (Phi) is 4.74. The summed E-state index contributed by atoms with van der Waals surface area (Å²) >= 11 is 0. The van der Waals surface area contributed by atoms with E-state index in [4.69, 9.17) is 0 Å². The van der Waals surface area contributed by atoms with Crippen LogP contribution < -0.4 is 10.2 Å². The minimum absolute atomic E-state index is 1.01. The quantitative estimate of drug-likeness (QED) is 0.806. The largest absolute Gasteiger partial charge is 0.373 e. The Morgan fingerprint density at radius 3 is 2.79 bits per heavy atom. The highest BCUT2D eigenvalue weighted by atomic mass is 15.1. The van der Waals surface area contributed by atoms with Crippen LogP contribution in [0.25, 0.3) is 10.9 Å². The number of nitrogens with one attached hydrogen (secondary N) is 1. The maximum Gasteiger partial charge on any atom is 0.0726 e. The third-order valence-corrected chi connectivity index (χ3v) is 3.28. The number of aryl methyl sites for hydroxylation is 1. The molecule has 2 aromatic rings. The molecule has 0 spiro atoms. The van der Waals surface area contributed by atoms with E-state index in [1.807, 2.05) is 6.07 Å². The average molecular weight is 257 g/mol. The zero-order valence-corrected chi connectivity index (χ0v) is 12.1. The van der Waals surface area contributed by atoms with Gasteiger partial charge in [0.2, 0.25) is 0 Å². The Balaban J connectivity index is 2.18. The van der Waals surface area contributed by atoms with E-state index in [1.54, 1.807) is 0 Å². The van der Waals surface area contributed by atoms with Gasteiger partial charge in [0.1, 0.15) is 0 Å². The molecule has 0 radical (unpaired) electrons. The predicted octanol–water partition coefficient (Wildman–Crippen LogP) is 2.98. The lowest BCUT2D eigenvalue weighted by atomic mass is 10.1. The van der Waals surface area contributed by atoms with Crippen molar-refractivity contribution in [1.29, 1.82) is 0 Å². The number of anilines is 1. The van der Waals surface area contributed by atoms with Gasteiger partial charge in [0.25, 0.3) is 0 Å². The van der Waals surface area contributed by atoms with Gasteiger partial charge in [0.15, 0.2) is 0 Å². The Morgan fingerprint density at radius 2 is 2.00 bits per heavy atom. The van der Waals surface area contributed by atoms with Gasteiger partial charge in [-0.3, -0.25) is 4.98 Å². The molecule has 0 fully saturated rings. The van der Waals surface area contributed by atoms with Gasteiger partial charge in [0.05, 0.1) is 5.52 Å². The van der Waals surface area contributed by atoms with Crippen LogP contribution in [0.1, 0.15) is 19.0 Å². The summed E-state index contributed by atoms with van der Waals surface area (Å²) in [6.07, 6.45) is 1.18. The molecule has 0 amide bonds. The van der Waals surface area contributed by atoms with Crippen molar-refractivity contribution in [3.8, 4) is 0 Å². The second-order valence-electron chi connectivity index (χ2n) is 4.97. The maximum absolute atomic E-state index is 4.59. The van der Waals surface area contributed by atoms with Crippen LogP contribution in [-0.2, 0) is 0 Å². The van der Waals surface area contributed by atoms with Gasteiger partial charge in [-0.05, 0) is 32.0 Å². The molecule has 0 saturated heterocycles. The fourth-order valence-electron chi connectivity index (χ4n) is 2.27. The van der Waals surface area contributed by atoms with Gasteiger partial charge < -0.3 is 10.2 Å². The molecule has 1 aromatic carbocycles. The van der Waals surface area contributed by atoms with Crippen LogP contribution in [0.5, 0.6) is 0 Å². The highest BCUT2D eigenvalue weighted by molar-refractivity contribution is 5.91. The van der Waals surface area contributed by atoms with Crippen LogP contribution in [0.3, 0.4) is 0 Å². The summed E-state index contributed by atoms with van der Waals surface area (Å²) in [5.74, 6) is 0. The van der Waals surface area contributed by atoms with Crippen LogP contribution >= 0.6 is 0 Å². The molecule has 1 heterocycles. The molecule has 3 heteroatoms. The van der Waals surface area contributed by atoms with Gasteiger partial charge in [0, 0.05) is 36.9 Å². The minimum Gasteiger partial charge on any atom is -0.373 e. The lowest BCUT2D eigenvalue weighted by Gasteiger charge is -2.21. The molecule has 0 atom stereocenters. The zero-order chi connectivity index (χ0) is 13.7. The molecule has 0 saturated carbocycles. The summed E-state index contributed by atoms with van der Waals surface area (Å²) in [6.45, 7) is 7.35. The van der Waals surface area contributed by atoms with E-state index in [9.17, 15) is 0 Å². The Hall–Kier alpha value is -1.61. The number of para-hydroxylation sites is 1. The average Bonchev–Trinajstić information content (AvgIpc) is 2.42. The third kappa shape index (κ3) is 3.44. The van der Waals surface area contributed by atoms with E-state index < -0.39 is 0 Å². The molecule has 3 nitrogen and oxygen atoms in total. The first kappa shape index (κ1) is 13.8. The smallest absolute Gasteiger partial charge is 0.0726 e. The van der Waals surface area contributed by atoms with Crippen LogP contribution in [0.4, 0.5) is 5.69 Å². The molecule has 1 aromatic heterocycles. The summed E-state index contributed by atoms with van der Waals surface area (Å²) in [6, 6.07) is 10.5. The molecule has 102 valence electrons. The van der Waals surface area contributed by atoms with Crippen molar-refractivity contribution in [2.24, 2.45) is 0 Å². The number of nitrogens with zero attached hydrogens (tertiary/aromatic N) is 2. The number of hydrogen-bond donors (Lipinski definition) is 1. The Labute approximate surface area is 115 Å². The first-order chi connectivity index (χ1) is 9.22. The Bertz CT molecular complexity index is 537. The van der Waals surface area contributed by atoms with Crippen molar-refractivity contribution in [2.75, 3.05) is 31.6 Å². The van der Waals surface area contributed by atoms with Crippen molar-refractivity contribution in [2.45, 2.75) is 20.3 Å². The summed E-state index contributed by atoms with van der Waals surface area (Å²) in [5.41, 5.74) is 3.41. The lowest BCUT2D eigenvalue weighted by molar-refractivity contribution is 0.666. The number of aromatic nitrogens is 1. The van der Waals surface area contributed by atoms with Crippen LogP contribution in [0.15, 0.2) is 30.3 Å². The van der Waals surface area contributed by atoms with E-state index in [1.165, 1.54) is 17.5 Å². The van der Waals surface area contributed by atoms with E-state index in [-0.39, 0.29) is 0 Å². The van der Waals surface area contributed by atoms with Gasteiger partial charge in [-0.25, -0.2) is 0 Å². The number of fused-ring (bicyclic) bond motifs is 1. The maximum atomic E-state index is 4.59. The second-order valence-corrected chi connectivity index (χ2v) is 4.97. The molecule has 1 N–H and O–H groups in total. The van der Waals surface area contributed by atoms with Crippen molar-refractivity contribution in [3.05, 3.63) is 36.0 Å². The molecule has 0 unspecified atom stereocenters. The van der Waals surface area contributed by atoms with Crippen LogP contribution in [0.2, 0.25) is 0 Å². The van der Waals surface area contributed by atoms with Crippen molar-refractivity contribution < 1.29 is 0 Å². The van der Waals surface area contributed by atoms with Gasteiger partial charge >= 0.3 is 0 Å². The number of pyridine rings is 1. The third-order valence-electron chi connectivity index (χ3n) is 3.28. The molecule has 0 bridgehead atoms. The van der Waals surface area contributed by atoms with Crippen molar-refractivity contribution in [1.82, 2.24) is 10.3 Å². The zero-order valence-electron chi connectivity index (χ0n) is 12.1. The first-order valence-corrected chi connectivity index (χ1v) is 7.00. The SMILES string of the molecule is CCCNCCN(C)c1cc(C)nc2ccccc12. The normalized spacial score (nSPS) is 10.9. The lowest BCUT2D eigenvalue weighted by Crippen LogP contribution is -2.29. The summed E-state index contributed by atoms with van der Waals surface area (Å²) in [4.78, 5) is 6.89.